The average molecular weight is 415 g/mol. The Labute approximate surface area is 185 Å². The summed E-state index contributed by atoms with van der Waals surface area (Å²) in [6.07, 6.45) is 15.1. The molecule has 2 nitrogen and oxygen atoms in total. The van der Waals surface area contributed by atoms with Gasteiger partial charge in [-0.3, -0.25) is 0 Å². The van der Waals surface area contributed by atoms with Crippen LogP contribution in [0.5, 0.6) is 0 Å². The monoisotopic (exact) mass is 414 g/mol. The standard InChI is InChI=1S/C28H46O2/c1-19(9-7-15-27(3,4)5)24-13-14-25-21(10-8-16-28(24,25)6)11-12-22-17-23(29)18-26(30)20(22)2/h11-12,19,23-26,29-30H,2,7-10,13-18H2,1,3-6H3/b21-11+,22-12-/t19-,23-,24?,25?,26+,28-/m1/s1. The van der Waals surface area contributed by atoms with Gasteiger partial charge in [0.05, 0.1) is 12.2 Å². The summed E-state index contributed by atoms with van der Waals surface area (Å²) in [6.45, 7) is 16.2. The van der Waals surface area contributed by atoms with Crippen molar-refractivity contribution in [3.63, 3.8) is 0 Å². The lowest BCUT2D eigenvalue weighted by Crippen LogP contribution is -2.36. The lowest BCUT2D eigenvalue weighted by molar-refractivity contribution is 0.0861. The van der Waals surface area contributed by atoms with E-state index >= 15 is 0 Å². The van der Waals surface area contributed by atoms with Gasteiger partial charge in [-0.15, -0.1) is 0 Å². The Morgan fingerprint density at radius 1 is 1.20 bits per heavy atom. The van der Waals surface area contributed by atoms with Crippen molar-refractivity contribution in [2.75, 3.05) is 0 Å². The van der Waals surface area contributed by atoms with Crippen LogP contribution in [0.15, 0.2) is 35.5 Å². The quantitative estimate of drug-likeness (QED) is 0.509. The van der Waals surface area contributed by atoms with E-state index in [4.69, 9.17) is 0 Å². The summed E-state index contributed by atoms with van der Waals surface area (Å²) in [6, 6.07) is 0. The third kappa shape index (κ3) is 5.30. The molecular weight excluding hydrogens is 368 g/mol. The number of hydrogen-bond donors (Lipinski definition) is 2. The van der Waals surface area contributed by atoms with Crippen LogP contribution in [0.1, 0.15) is 98.8 Å². The van der Waals surface area contributed by atoms with E-state index in [0.717, 1.165) is 23.0 Å². The van der Waals surface area contributed by atoms with Crippen LogP contribution < -0.4 is 0 Å². The first-order chi connectivity index (χ1) is 14.0. The molecule has 2 N–H and O–H groups in total. The molecule has 0 saturated heterocycles. The van der Waals surface area contributed by atoms with Crippen molar-refractivity contribution >= 4 is 0 Å². The summed E-state index contributed by atoms with van der Waals surface area (Å²) >= 11 is 0. The summed E-state index contributed by atoms with van der Waals surface area (Å²) in [4.78, 5) is 0. The molecule has 170 valence electrons. The zero-order chi connectivity index (χ0) is 22.1. The molecule has 0 aliphatic heterocycles. The second kappa shape index (κ2) is 9.33. The van der Waals surface area contributed by atoms with Crippen LogP contribution in [-0.2, 0) is 0 Å². The zero-order valence-electron chi connectivity index (χ0n) is 20.2. The number of fused-ring (bicyclic) bond motifs is 1. The van der Waals surface area contributed by atoms with Crippen molar-refractivity contribution in [3.05, 3.63) is 35.5 Å². The fourth-order valence-corrected chi connectivity index (χ4v) is 6.83. The van der Waals surface area contributed by atoms with Crippen molar-refractivity contribution in [1.29, 1.82) is 0 Å². The van der Waals surface area contributed by atoms with Gasteiger partial charge in [0, 0.05) is 6.42 Å². The van der Waals surface area contributed by atoms with Gasteiger partial charge in [0.2, 0.25) is 0 Å². The largest absolute Gasteiger partial charge is 0.393 e. The second-order valence-corrected chi connectivity index (χ2v) is 12.1. The number of hydrogen-bond acceptors (Lipinski definition) is 2. The molecule has 6 atom stereocenters. The summed E-state index contributed by atoms with van der Waals surface area (Å²) in [5, 5.41) is 20.2. The molecule has 3 aliphatic carbocycles. The Morgan fingerprint density at radius 3 is 2.63 bits per heavy atom. The molecule has 2 unspecified atom stereocenters. The molecule has 0 aromatic carbocycles. The zero-order valence-corrected chi connectivity index (χ0v) is 20.2. The van der Waals surface area contributed by atoms with Crippen molar-refractivity contribution < 1.29 is 10.2 Å². The highest BCUT2D eigenvalue weighted by atomic mass is 16.3. The average Bonchev–Trinajstić information content (AvgIpc) is 3.00. The van der Waals surface area contributed by atoms with Gasteiger partial charge in [0.1, 0.15) is 0 Å². The van der Waals surface area contributed by atoms with Gasteiger partial charge >= 0.3 is 0 Å². The summed E-state index contributed by atoms with van der Waals surface area (Å²) in [7, 11) is 0. The Hall–Kier alpha value is -0.860. The third-order valence-electron chi connectivity index (χ3n) is 8.58. The number of allylic oxidation sites excluding steroid dienone is 3. The van der Waals surface area contributed by atoms with E-state index in [2.05, 4.69) is 53.3 Å². The molecule has 3 saturated carbocycles. The lowest BCUT2D eigenvalue weighted by atomic mass is 9.60. The molecule has 0 bridgehead atoms. The van der Waals surface area contributed by atoms with Gasteiger partial charge in [-0.25, -0.2) is 0 Å². The molecule has 0 spiro atoms. The van der Waals surface area contributed by atoms with E-state index in [-0.39, 0.29) is 0 Å². The van der Waals surface area contributed by atoms with Crippen molar-refractivity contribution in [2.45, 2.75) is 111 Å². The normalized spacial score (nSPS) is 38.8. The van der Waals surface area contributed by atoms with Crippen LogP contribution in [0.4, 0.5) is 0 Å². The summed E-state index contributed by atoms with van der Waals surface area (Å²) in [5.74, 6) is 2.35. The van der Waals surface area contributed by atoms with Crippen LogP contribution in [0, 0.1) is 28.6 Å². The Morgan fingerprint density at radius 2 is 1.93 bits per heavy atom. The highest BCUT2D eigenvalue weighted by molar-refractivity contribution is 5.38. The highest BCUT2D eigenvalue weighted by Crippen LogP contribution is 2.60. The highest BCUT2D eigenvalue weighted by Gasteiger charge is 2.50. The van der Waals surface area contributed by atoms with Crippen LogP contribution in [0.25, 0.3) is 0 Å². The minimum Gasteiger partial charge on any atom is -0.393 e. The smallest absolute Gasteiger partial charge is 0.0811 e. The molecule has 0 radical (unpaired) electrons. The molecule has 0 aromatic heterocycles. The molecule has 3 rings (SSSR count). The van der Waals surface area contributed by atoms with E-state index in [1.54, 1.807) is 5.57 Å². The van der Waals surface area contributed by atoms with Crippen molar-refractivity contribution in [1.82, 2.24) is 0 Å². The summed E-state index contributed by atoms with van der Waals surface area (Å²) in [5.41, 5.74) is 4.31. The molecule has 0 amide bonds. The maximum atomic E-state index is 10.1. The summed E-state index contributed by atoms with van der Waals surface area (Å²) < 4.78 is 0. The van der Waals surface area contributed by atoms with E-state index in [0.29, 0.717) is 29.6 Å². The Balaban J connectivity index is 1.70. The first-order valence-corrected chi connectivity index (χ1v) is 12.5. The first kappa shape index (κ1) is 23.8. The molecule has 0 aromatic rings. The maximum Gasteiger partial charge on any atom is 0.0811 e. The van der Waals surface area contributed by atoms with E-state index in [9.17, 15) is 10.2 Å². The van der Waals surface area contributed by atoms with Crippen LogP contribution in [-0.4, -0.2) is 22.4 Å². The molecule has 2 heteroatoms. The van der Waals surface area contributed by atoms with Gasteiger partial charge in [0.15, 0.2) is 0 Å². The van der Waals surface area contributed by atoms with Gasteiger partial charge in [-0.05, 0) is 84.7 Å². The van der Waals surface area contributed by atoms with Gasteiger partial charge in [0.25, 0.3) is 0 Å². The number of aliphatic hydroxyl groups excluding tert-OH is 2. The fourth-order valence-electron chi connectivity index (χ4n) is 6.83. The van der Waals surface area contributed by atoms with E-state index < -0.39 is 12.2 Å². The van der Waals surface area contributed by atoms with Crippen LogP contribution in [0.3, 0.4) is 0 Å². The SMILES string of the molecule is C=C1/C(=C\C=C2/CCC[C@@]3(C)C2CCC3[C@H](C)CCCC(C)(C)C)C[C@@H](O)C[C@@H]1O. The van der Waals surface area contributed by atoms with Crippen LogP contribution >= 0.6 is 0 Å². The molecule has 0 heterocycles. The minimum absolute atomic E-state index is 0.419. The van der Waals surface area contributed by atoms with Crippen LogP contribution in [0.2, 0.25) is 0 Å². The Bertz CT molecular complexity index is 679. The van der Waals surface area contributed by atoms with Gasteiger partial charge < -0.3 is 10.2 Å². The van der Waals surface area contributed by atoms with Gasteiger partial charge in [-0.1, -0.05) is 71.8 Å². The number of aliphatic hydroxyl groups is 2. The molecular formula is C28H46O2. The van der Waals surface area contributed by atoms with E-state index in [1.807, 2.05) is 0 Å². The minimum atomic E-state index is -0.597. The molecule has 30 heavy (non-hydrogen) atoms. The first-order valence-electron chi connectivity index (χ1n) is 12.5. The van der Waals surface area contributed by atoms with Crippen molar-refractivity contribution in [3.8, 4) is 0 Å². The molecule has 3 fully saturated rings. The predicted octanol–water partition coefficient (Wildman–Crippen LogP) is 6.98. The molecule has 3 aliphatic rings. The number of rotatable bonds is 5. The van der Waals surface area contributed by atoms with Gasteiger partial charge in [-0.2, -0.15) is 0 Å². The second-order valence-electron chi connectivity index (χ2n) is 12.1. The van der Waals surface area contributed by atoms with E-state index in [1.165, 1.54) is 51.4 Å². The maximum absolute atomic E-state index is 10.1. The van der Waals surface area contributed by atoms with Crippen molar-refractivity contribution in [2.24, 2.45) is 28.6 Å². The lowest BCUT2D eigenvalue weighted by Gasteiger charge is -2.44. The topological polar surface area (TPSA) is 40.5 Å². The fraction of sp³-hybridized carbons (Fsp3) is 0.786. The Kier molecular flexibility index (Phi) is 7.40. The predicted molar refractivity (Wildman–Crippen MR) is 127 cm³/mol. The third-order valence-corrected chi connectivity index (χ3v) is 8.58.